The van der Waals surface area contributed by atoms with E-state index in [-0.39, 0.29) is 0 Å². The number of likely N-dealkylation sites (tertiary alicyclic amines) is 1. The molecule has 2 aliphatic heterocycles. The highest BCUT2D eigenvalue weighted by Crippen LogP contribution is 2.53. The fraction of sp³-hybridized carbons (Fsp3) is 0.818. The van der Waals surface area contributed by atoms with E-state index in [1.807, 2.05) is 0 Å². The first-order chi connectivity index (χ1) is 6.29. The first-order valence-corrected chi connectivity index (χ1v) is 5.35. The predicted octanol–water partition coefficient (Wildman–Crippen LogP) is 1.77. The van der Waals surface area contributed by atoms with Gasteiger partial charge in [0, 0.05) is 25.2 Å². The molecule has 0 aromatic carbocycles. The standard InChI is InChI=1S/C11H17NO/c1-9(10-2-7-13-10)12-6-5-11(8-12)3-4-11/h10H,1-8H2. The Morgan fingerprint density at radius 3 is 2.62 bits per heavy atom. The number of rotatable bonds is 2. The number of hydrogen-bond acceptors (Lipinski definition) is 2. The molecule has 2 saturated heterocycles. The molecule has 1 atom stereocenters. The Morgan fingerprint density at radius 2 is 2.15 bits per heavy atom. The van der Waals surface area contributed by atoms with Crippen LogP contribution < -0.4 is 0 Å². The SMILES string of the molecule is C=C(C1CCO1)N1CCC2(CC2)C1. The molecule has 13 heavy (non-hydrogen) atoms. The molecule has 0 radical (unpaired) electrons. The van der Waals surface area contributed by atoms with Crippen LogP contribution in [0.4, 0.5) is 0 Å². The van der Waals surface area contributed by atoms with Crippen molar-refractivity contribution in [3.05, 3.63) is 12.3 Å². The minimum Gasteiger partial charge on any atom is -0.373 e. The minimum atomic E-state index is 0.355. The fourth-order valence-electron chi connectivity index (χ4n) is 2.47. The maximum atomic E-state index is 5.45. The lowest BCUT2D eigenvalue weighted by Gasteiger charge is -2.34. The largest absolute Gasteiger partial charge is 0.373 e. The van der Waals surface area contributed by atoms with E-state index < -0.39 is 0 Å². The molecule has 0 N–H and O–H groups in total. The van der Waals surface area contributed by atoms with E-state index in [4.69, 9.17) is 4.74 Å². The average molecular weight is 179 g/mol. The van der Waals surface area contributed by atoms with Crippen molar-refractivity contribution in [1.82, 2.24) is 4.90 Å². The van der Waals surface area contributed by atoms with Gasteiger partial charge in [0.25, 0.3) is 0 Å². The normalized spacial score (nSPS) is 34.8. The van der Waals surface area contributed by atoms with Crippen LogP contribution in [0.25, 0.3) is 0 Å². The Balaban J connectivity index is 1.62. The molecule has 3 fully saturated rings. The van der Waals surface area contributed by atoms with Gasteiger partial charge in [0.2, 0.25) is 0 Å². The molecule has 2 nitrogen and oxygen atoms in total. The van der Waals surface area contributed by atoms with Crippen LogP contribution in [0.1, 0.15) is 25.7 Å². The molecule has 1 saturated carbocycles. The molecule has 2 heterocycles. The van der Waals surface area contributed by atoms with E-state index in [9.17, 15) is 0 Å². The Kier molecular flexibility index (Phi) is 1.51. The molecule has 0 aromatic heterocycles. The van der Waals surface area contributed by atoms with Crippen molar-refractivity contribution in [3.63, 3.8) is 0 Å². The van der Waals surface area contributed by atoms with Crippen molar-refractivity contribution in [2.45, 2.75) is 31.8 Å². The van der Waals surface area contributed by atoms with E-state index in [1.54, 1.807) is 0 Å². The maximum absolute atomic E-state index is 5.45. The Morgan fingerprint density at radius 1 is 1.38 bits per heavy atom. The second kappa shape index (κ2) is 2.50. The molecular formula is C11H17NO. The van der Waals surface area contributed by atoms with Crippen LogP contribution in [0.3, 0.4) is 0 Å². The molecule has 72 valence electrons. The molecule has 1 aliphatic carbocycles. The average Bonchev–Trinajstić information content (AvgIpc) is 2.57. The quantitative estimate of drug-likeness (QED) is 0.640. The van der Waals surface area contributed by atoms with Crippen molar-refractivity contribution in [3.8, 4) is 0 Å². The number of ether oxygens (including phenoxy) is 1. The zero-order valence-electron chi connectivity index (χ0n) is 8.09. The van der Waals surface area contributed by atoms with Crippen LogP contribution >= 0.6 is 0 Å². The minimum absolute atomic E-state index is 0.355. The summed E-state index contributed by atoms with van der Waals surface area (Å²) in [6, 6.07) is 0. The lowest BCUT2D eigenvalue weighted by atomic mass is 10.1. The summed E-state index contributed by atoms with van der Waals surface area (Å²) in [5.74, 6) is 0. The summed E-state index contributed by atoms with van der Waals surface area (Å²) in [5, 5.41) is 0. The van der Waals surface area contributed by atoms with Gasteiger partial charge in [-0.25, -0.2) is 0 Å². The Labute approximate surface area is 79.6 Å². The Bertz CT molecular complexity index is 240. The molecule has 2 heteroatoms. The molecule has 3 rings (SSSR count). The van der Waals surface area contributed by atoms with Gasteiger partial charge in [0.05, 0.1) is 12.7 Å². The number of hydrogen-bond donors (Lipinski definition) is 0. The van der Waals surface area contributed by atoms with E-state index >= 15 is 0 Å². The molecule has 0 aromatic rings. The van der Waals surface area contributed by atoms with Gasteiger partial charge >= 0.3 is 0 Å². The fourth-order valence-corrected chi connectivity index (χ4v) is 2.47. The summed E-state index contributed by atoms with van der Waals surface area (Å²) < 4.78 is 5.45. The smallest absolute Gasteiger partial charge is 0.0987 e. The highest BCUT2D eigenvalue weighted by molar-refractivity contribution is 5.11. The van der Waals surface area contributed by atoms with E-state index in [0.29, 0.717) is 11.5 Å². The van der Waals surface area contributed by atoms with Gasteiger partial charge in [-0.2, -0.15) is 0 Å². The highest BCUT2D eigenvalue weighted by Gasteiger charge is 2.48. The van der Waals surface area contributed by atoms with Crippen LogP contribution in [0.2, 0.25) is 0 Å². The monoisotopic (exact) mass is 179 g/mol. The van der Waals surface area contributed by atoms with Crippen molar-refractivity contribution in [2.24, 2.45) is 5.41 Å². The van der Waals surface area contributed by atoms with Crippen molar-refractivity contribution >= 4 is 0 Å². The van der Waals surface area contributed by atoms with E-state index in [1.165, 1.54) is 44.5 Å². The van der Waals surface area contributed by atoms with Gasteiger partial charge in [0.15, 0.2) is 0 Å². The van der Waals surface area contributed by atoms with E-state index in [0.717, 1.165) is 6.61 Å². The molecule has 0 bridgehead atoms. The van der Waals surface area contributed by atoms with Gasteiger partial charge < -0.3 is 9.64 Å². The van der Waals surface area contributed by atoms with Crippen LogP contribution in [-0.2, 0) is 4.74 Å². The third-order valence-electron chi connectivity index (χ3n) is 3.87. The van der Waals surface area contributed by atoms with Gasteiger partial charge in [0.1, 0.15) is 0 Å². The van der Waals surface area contributed by atoms with Crippen LogP contribution in [0, 0.1) is 5.41 Å². The molecule has 0 amide bonds. The molecule has 1 unspecified atom stereocenters. The number of nitrogens with zero attached hydrogens (tertiary/aromatic N) is 1. The van der Waals surface area contributed by atoms with Crippen molar-refractivity contribution in [2.75, 3.05) is 19.7 Å². The molecule has 3 aliphatic rings. The van der Waals surface area contributed by atoms with Crippen LogP contribution in [-0.4, -0.2) is 30.7 Å². The van der Waals surface area contributed by atoms with Gasteiger partial charge in [-0.3, -0.25) is 0 Å². The second-order valence-corrected chi connectivity index (χ2v) is 4.81. The lowest BCUT2D eigenvalue weighted by Crippen LogP contribution is -2.36. The summed E-state index contributed by atoms with van der Waals surface area (Å²) in [4.78, 5) is 2.46. The second-order valence-electron chi connectivity index (χ2n) is 4.81. The summed E-state index contributed by atoms with van der Waals surface area (Å²) >= 11 is 0. The van der Waals surface area contributed by atoms with Gasteiger partial charge in [-0.1, -0.05) is 6.58 Å². The molecule has 1 spiro atoms. The lowest BCUT2D eigenvalue weighted by molar-refractivity contribution is -0.0395. The van der Waals surface area contributed by atoms with Gasteiger partial charge in [-0.05, 0) is 24.7 Å². The third kappa shape index (κ3) is 1.19. The Hall–Kier alpha value is -0.500. The van der Waals surface area contributed by atoms with Gasteiger partial charge in [-0.15, -0.1) is 0 Å². The summed E-state index contributed by atoms with van der Waals surface area (Å²) in [6.07, 6.45) is 5.82. The van der Waals surface area contributed by atoms with Crippen LogP contribution in [0.5, 0.6) is 0 Å². The first-order valence-electron chi connectivity index (χ1n) is 5.35. The zero-order chi connectivity index (χ0) is 8.89. The van der Waals surface area contributed by atoms with Crippen molar-refractivity contribution < 1.29 is 4.74 Å². The van der Waals surface area contributed by atoms with E-state index in [2.05, 4.69) is 11.5 Å². The summed E-state index contributed by atoms with van der Waals surface area (Å²) in [7, 11) is 0. The third-order valence-corrected chi connectivity index (χ3v) is 3.87. The van der Waals surface area contributed by atoms with Crippen molar-refractivity contribution in [1.29, 1.82) is 0 Å². The summed E-state index contributed by atoms with van der Waals surface area (Å²) in [5.41, 5.74) is 1.96. The maximum Gasteiger partial charge on any atom is 0.0987 e. The van der Waals surface area contributed by atoms with Crippen LogP contribution in [0.15, 0.2) is 12.3 Å². The molecular weight excluding hydrogens is 162 g/mol. The topological polar surface area (TPSA) is 12.5 Å². The first kappa shape index (κ1) is 7.86. The summed E-state index contributed by atoms with van der Waals surface area (Å²) in [6.45, 7) is 7.56. The zero-order valence-corrected chi connectivity index (χ0v) is 8.09. The highest BCUT2D eigenvalue weighted by atomic mass is 16.5. The predicted molar refractivity (Wildman–Crippen MR) is 51.4 cm³/mol.